The molecule has 0 unspecified atom stereocenters. The van der Waals surface area contributed by atoms with Crippen LogP contribution in [0, 0.1) is 5.92 Å². The minimum Gasteiger partial charge on any atom is -0.297 e. The summed E-state index contributed by atoms with van der Waals surface area (Å²) in [4.78, 5) is 20.7. The number of rotatable bonds is 4. The Morgan fingerprint density at radius 2 is 2.12 bits per heavy atom. The first-order valence-electron chi connectivity index (χ1n) is 9.02. The van der Waals surface area contributed by atoms with Crippen LogP contribution in [0.15, 0.2) is 46.6 Å². The summed E-state index contributed by atoms with van der Waals surface area (Å²) in [6.07, 6.45) is 3.81. The Kier molecular flexibility index (Phi) is 4.68. The quantitative estimate of drug-likeness (QED) is 0.710. The predicted molar refractivity (Wildman–Crippen MR) is 103 cm³/mol. The van der Waals surface area contributed by atoms with Gasteiger partial charge in [0.25, 0.3) is 5.56 Å². The summed E-state index contributed by atoms with van der Waals surface area (Å²) in [7, 11) is 0. The largest absolute Gasteiger partial charge is 0.297 e. The molecule has 0 amide bonds. The summed E-state index contributed by atoms with van der Waals surface area (Å²) >= 11 is 1.54. The summed E-state index contributed by atoms with van der Waals surface area (Å²) in [6.45, 7) is 5.27. The molecule has 3 aromatic rings. The fraction of sp³-hybridized carbons (Fsp3) is 0.400. The third-order valence-electron chi connectivity index (χ3n) is 5.09. The van der Waals surface area contributed by atoms with Gasteiger partial charge < -0.3 is 0 Å². The maximum absolute atomic E-state index is 12.7. The number of nitrogens with zero attached hydrogens (tertiary/aromatic N) is 3. The number of aromatic nitrogens is 2. The lowest BCUT2D eigenvalue weighted by Crippen LogP contribution is -2.35. The first-order chi connectivity index (χ1) is 12.2. The van der Waals surface area contributed by atoms with Crippen LogP contribution < -0.4 is 5.56 Å². The zero-order chi connectivity index (χ0) is 17.2. The van der Waals surface area contributed by atoms with Gasteiger partial charge in [0, 0.05) is 24.5 Å². The average Bonchev–Trinajstić information content (AvgIpc) is 3.07. The molecular weight excluding hydrogens is 330 g/mol. The van der Waals surface area contributed by atoms with E-state index in [4.69, 9.17) is 4.98 Å². The summed E-state index contributed by atoms with van der Waals surface area (Å²) in [5, 5.41) is 2.02. The topological polar surface area (TPSA) is 37.6 Å². The number of benzene rings is 1. The van der Waals surface area contributed by atoms with Crippen LogP contribution in [0.4, 0.5) is 0 Å². The molecule has 1 atom stereocenters. The van der Waals surface area contributed by atoms with Crippen molar-refractivity contribution in [2.75, 3.05) is 13.1 Å². The fourth-order valence-electron chi connectivity index (χ4n) is 3.71. The molecule has 5 heteroatoms. The van der Waals surface area contributed by atoms with E-state index in [-0.39, 0.29) is 5.56 Å². The van der Waals surface area contributed by atoms with Crippen LogP contribution in [0.5, 0.6) is 0 Å². The first-order valence-corrected chi connectivity index (χ1v) is 9.90. The Hall–Kier alpha value is -1.98. The predicted octanol–water partition coefficient (Wildman–Crippen LogP) is 4.05. The van der Waals surface area contributed by atoms with E-state index in [1.165, 1.54) is 30.6 Å². The molecule has 0 radical (unpaired) electrons. The molecule has 25 heavy (non-hydrogen) atoms. The van der Waals surface area contributed by atoms with Gasteiger partial charge >= 0.3 is 0 Å². The van der Waals surface area contributed by atoms with Gasteiger partial charge in [-0.2, -0.15) is 0 Å². The first kappa shape index (κ1) is 16.5. The molecule has 0 bridgehead atoms. The monoisotopic (exact) mass is 353 g/mol. The molecule has 2 aromatic heterocycles. The number of likely N-dealkylation sites (tertiary alicyclic amines) is 1. The third-order valence-corrected chi connectivity index (χ3v) is 5.92. The van der Waals surface area contributed by atoms with Crippen molar-refractivity contribution in [1.29, 1.82) is 0 Å². The third kappa shape index (κ3) is 3.39. The second kappa shape index (κ2) is 7.10. The average molecular weight is 353 g/mol. The van der Waals surface area contributed by atoms with Gasteiger partial charge in [0.15, 0.2) is 4.96 Å². The Balaban J connectivity index is 1.64. The van der Waals surface area contributed by atoms with Crippen LogP contribution >= 0.6 is 11.3 Å². The van der Waals surface area contributed by atoms with Crippen molar-refractivity contribution in [1.82, 2.24) is 14.3 Å². The van der Waals surface area contributed by atoms with Gasteiger partial charge in [-0.05, 0) is 30.9 Å². The standard InChI is InChI=1S/C20H23N3OS/c1-2-15-7-6-10-22(12-15)13-17-11-19(24)23-18(14-25-20(23)21-17)16-8-4-3-5-9-16/h3-5,8-9,11,14-15H,2,6-7,10,12-13H2,1H3/t15-/m1/s1. The van der Waals surface area contributed by atoms with Crippen molar-refractivity contribution in [3.05, 3.63) is 57.8 Å². The van der Waals surface area contributed by atoms with Gasteiger partial charge in [-0.15, -0.1) is 11.3 Å². The molecule has 4 rings (SSSR count). The smallest absolute Gasteiger partial charge is 0.259 e. The van der Waals surface area contributed by atoms with Crippen molar-refractivity contribution >= 4 is 16.3 Å². The molecule has 3 heterocycles. The Morgan fingerprint density at radius 1 is 1.28 bits per heavy atom. The van der Waals surface area contributed by atoms with Crippen molar-refractivity contribution in [3.63, 3.8) is 0 Å². The molecule has 1 aliphatic rings. The van der Waals surface area contributed by atoms with Crippen LogP contribution in [0.1, 0.15) is 31.9 Å². The minimum absolute atomic E-state index is 0.0177. The molecule has 1 aromatic carbocycles. The lowest BCUT2D eigenvalue weighted by Gasteiger charge is -2.31. The summed E-state index contributed by atoms with van der Waals surface area (Å²) in [5.41, 5.74) is 2.88. The van der Waals surface area contributed by atoms with Crippen LogP contribution in [0.3, 0.4) is 0 Å². The van der Waals surface area contributed by atoms with E-state index in [0.717, 1.165) is 47.5 Å². The molecule has 1 saturated heterocycles. The van der Waals surface area contributed by atoms with E-state index >= 15 is 0 Å². The van der Waals surface area contributed by atoms with E-state index in [9.17, 15) is 4.79 Å². The van der Waals surface area contributed by atoms with Gasteiger partial charge in [-0.1, -0.05) is 43.7 Å². The van der Waals surface area contributed by atoms with E-state index in [1.807, 2.05) is 35.7 Å². The Labute approximate surface area is 151 Å². The molecule has 0 N–H and O–H groups in total. The molecule has 0 spiro atoms. The highest BCUT2D eigenvalue weighted by atomic mass is 32.1. The number of fused-ring (bicyclic) bond motifs is 1. The summed E-state index contributed by atoms with van der Waals surface area (Å²) < 4.78 is 1.73. The second-order valence-electron chi connectivity index (χ2n) is 6.84. The summed E-state index contributed by atoms with van der Waals surface area (Å²) in [5.74, 6) is 0.782. The van der Waals surface area contributed by atoms with Gasteiger partial charge in [0.2, 0.25) is 0 Å². The molecule has 0 saturated carbocycles. The van der Waals surface area contributed by atoms with Crippen LogP contribution in [0.25, 0.3) is 16.2 Å². The highest BCUT2D eigenvalue weighted by Gasteiger charge is 2.19. The maximum atomic E-state index is 12.7. The van der Waals surface area contributed by atoms with E-state index < -0.39 is 0 Å². The zero-order valence-corrected chi connectivity index (χ0v) is 15.3. The van der Waals surface area contributed by atoms with Gasteiger partial charge in [-0.25, -0.2) is 4.98 Å². The SMILES string of the molecule is CC[C@@H]1CCCN(Cc2cc(=O)n3c(-c4ccccc4)csc3n2)C1. The van der Waals surface area contributed by atoms with Crippen LogP contribution in [-0.2, 0) is 6.54 Å². The van der Waals surface area contributed by atoms with Crippen molar-refractivity contribution < 1.29 is 0 Å². The van der Waals surface area contributed by atoms with Gasteiger partial charge in [0.05, 0.1) is 11.4 Å². The maximum Gasteiger partial charge on any atom is 0.259 e. The highest BCUT2D eigenvalue weighted by molar-refractivity contribution is 7.15. The lowest BCUT2D eigenvalue weighted by molar-refractivity contribution is 0.163. The van der Waals surface area contributed by atoms with Crippen LogP contribution in [0.2, 0.25) is 0 Å². The van der Waals surface area contributed by atoms with E-state index in [1.54, 1.807) is 10.5 Å². The Bertz CT molecular complexity index is 916. The number of thiazole rings is 1. The zero-order valence-electron chi connectivity index (χ0n) is 14.5. The van der Waals surface area contributed by atoms with E-state index in [2.05, 4.69) is 11.8 Å². The van der Waals surface area contributed by atoms with Gasteiger partial charge in [-0.3, -0.25) is 14.1 Å². The number of piperidine rings is 1. The highest BCUT2D eigenvalue weighted by Crippen LogP contribution is 2.24. The Morgan fingerprint density at radius 3 is 2.92 bits per heavy atom. The number of hydrogen-bond donors (Lipinski definition) is 0. The van der Waals surface area contributed by atoms with Gasteiger partial charge in [0.1, 0.15) is 0 Å². The summed E-state index contributed by atoms with van der Waals surface area (Å²) in [6, 6.07) is 11.7. The fourth-order valence-corrected chi connectivity index (χ4v) is 4.64. The number of hydrogen-bond acceptors (Lipinski definition) is 4. The van der Waals surface area contributed by atoms with Crippen molar-refractivity contribution in [2.24, 2.45) is 5.92 Å². The molecular formula is C20H23N3OS. The molecule has 130 valence electrons. The molecule has 1 fully saturated rings. The molecule has 0 aliphatic carbocycles. The second-order valence-corrected chi connectivity index (χ2v) is 7.68. The van der Waals surface area contributed by atoms with E-state index in [0.29, 0.717) is 0 Å². The van der Waals surface area contributed by atoms with Crippen molar-refractivity contribution in [3.8, 4) is 11.3 Å². The lowest BCUT2D eigenvalue weighted by atomic mass is 9.95. The molecule has 4 nitrogen and oxygen atoms in total. The normalized spacial score (nSPS) is 18.7. The molecule has 1 aliphatic heterocycles. The van der Waals surface area contributed by atoms with Crippen molar-refractivity contribution in [2.45, 2.75) is 32.7 Å². The minimum atomic E-state index is 0.0177. The van der Waals surface area contributed by atoms with Crippen LogP contribution in [-0.4, -0.2) is 27.4 Å².